The third-order valence-corrected chi connectivity index (χ3v) is 5.42. The van der Waals surface area contributed by atoms with E-state index >= 15 is 0 Å². The molecule has 2 N–H and O–H groups in total. The lowest BCUT2D eigenvalue weighted by Gasteiger charge is -2.39. The van der Waals surface area contributed by atoms with Crippen LogP contribution >= 0.6 is 0 Å². The summed E-state index contributed by atoms with van der Waals surface area (Å²) in [6.45, 7) is 3.96. The van der Waals surface area contributed by atoms with Gasteiger partial charge in [-0.25, -0.2) is 0 Å². The fourth-order valence-corrected chi connectivity index (χ4v) is 3.92. The van der Waals surface area contributed by atoms with Gasteiger partial charge in [-0.05, 0) is 43.2 Å². The van der Waals surface area contributed by atoms with Crippen LogP contribution in [0.1, 0.15) is 35.2 Å². The number of ether oxygens (including phenoxy) is 1. The Morgan fingerprint density at radius 3 is 2.62 bits per heavy atom. The molecule has 1 amide bonds. The zero-order valence-electron chi connectivity index (χ0n) is 14.2. The molecule has 24 heavy (non-hydrogen) atoms. The van der Waals surface area contributed by atoms with Crippen molar-refractivity contribution in [2.24, 2.45) is 5.41 Å². The van der Waals surface area contributed by atoms with Gasteiger partial charge in [0.25, 0.3) is 5.91 Å². The largest absolute Gasteiger partial charge is 0.496 e. The summed E-state index contributed by atoms with van der Waals surface area (Å²) in [5.41, 5.74) is 1.55. The smallest absolute Gasteiger partial charge is 0.320 e. The van der Waals surface area contributed by atoms with Gasteiger partial charge < -0.3 is 20.1 Å². The van der Waals surface area contributed by atoms with Gasteiger partial charge >= 0.3 is 5.97 Å². The van der Waals surface area contributed by atoms with Crippen LogP contribution in [0.4, 0.5) is 0 Å². The number of para-hydroxylation sites is 1. The van der Waals surface area contributed by atoms with Gasteiger partial charge in [0.05, 0.1) is 12.7 Å². The molecule has 1 aromatic rings. The molecule has 6 heteroatoms. The van der Waals surface area contributed by atoms with E-state index < -0.39 is 12.0 Å². The van der Waals surface area contributed by atoms with E-state index in [1.54, 1.807) is 13.2 Å². The Kier molecular flexibility index (Phi) is 4.49. The average molecular weight is 332 g/mol. The minimum absolute atomic E-state index is 0.00820. The molecule has 0 unspecified atom stereocenters. The second-order valence-corrected chi connectivity index (χ2v) is 6.92. The van der Waals surface area contributed by atoms with Gasteiger partial charge in [0.2, 0.25) is 0 Å². The fourth-order valence-electron chi connectivity index (χ4n) is 3.92. The number of nitrogens with zero attached hydrogens (tertiary/aromatic N) is 1. The number of carboxylic acid groups (broad SMARTS) is 1. The Bertz CT molecular complexity index is 650. The number of hydrogen-bond acceptors (Lipinski definition) is 4. The van der Waals surface area contributed by atoms with Gasteiger partial charge in [-0.3, -0.25) is 9.59 Å². The standard InChI is InChI=1S/C18H24N2O4/c1-12-4-3-5-13(15(12)24-2)16(21)20-8-6-18(7-9-20)10-14(17(22)23)19-11-18/h3-5,14,19H,6-11H2,1-2H3,(H,22,23)/t14-/m1/s1. The molecular formula is C18H24N2O4. The molecule has 0 saturated carbocycles. The van der Waals surface area contributed by atoms with Crippen LogP contribution < -0.4 is 10.1 Å². The van der Waals surface area contributed by atoms with Crippen molar-refractivity contribution in [1.29, 1.82) is 0 Å². The average Bonchev–Trinajstić information content (AvgIpc) is 2.99. The van der Waals surface area contributed by atoms with Crippen LogP contribution in [0, 0.1) is 12.3 Å². The lowest BCUT2D eigenvalue weighted by atomic mass is 9.76. The summed E-state index contributed by atoms with van der Waals surface area (Å²) < 4.78 is 5.40. The molecule has 0 aromatic heterocycles. The highest BCUT2D eigenvalue weighted by molar-refractivity contribution is 5.97. The fraction of sp³-hybridized carbons (Fsp3) is 0.556. The molecular weight excluding hydrogens is 308 g/mol. The molecule has 1 spiro atoms. The number of amides is 1. The molecule has 2 aliphatic heterocycles. The Morgan fingerprint density at radius 1 is 1.33 bits per heavy atom. The molecule has 1 aromatic carbocycles. The first kappa shape index (κ1) is 16.8. The minimum atomic E-state index is -0.783. The van der Waals surface area contributed by atoms with E-state index in [1.807, 2.05) is 24.0 Å². The van der Waals surface area contributed by atoms with E-state index in [9.17, 15) is 9.59 Å². The molecule has 2 aliphatic rings. The second kappa shape index (κ2) is 6.43. The summed E-state index contributed by atoms with van der Waals surface area (Å²) in [4.78, 5) is 25.8. The first-order valence-corrected chi connectivity index (χ1v) is 8.35. The molecule has 0 radical (unpaired) electrons. The van der Waals surface area contributed by atoms with Crippen molar-refractivity contribution in [3.05, 3.63) is 29.3 Å². The van der Waals surface area contributed by atoms with Crippen molar-refractivity contribution in [2.75, 3.05) is 26.7 Å². The number of rotatable bonds is 3. The molecule has 3 rings (SSSR count). The Balaban J connectivity index is 1.68. The summed E-state index contributed by atoms with van der Waals surface area (Å²) in [7, 11) is 1.58. The van der Waals surface area contributed by atoms with Gasteiger partial charge in [-0.2, -0.15) is 0 Å². The number of nitrogens with one attached hydrogen (secondary N) is 1. The number of benzene rings is 1. The number of carbonyl (C=O) groups is 2. The Hall–Kier alpha value is -2.08. The van der Waals surface area contributed by atoms with Gasteiger partial charge in [0.1, 0.15) is 11.8 Å². The molecule has 0 bridgehead atoms. The van der Waals surface area contributed by atoms with Crippen molar-refractivity contribution >= 4 is 11.9 Å². The predicted molar refractivity (Wildman–Crippen MR) is 89.3 cm³/mol. The van der Waals surface area contributed by atoms with Crippen LogP contribution in [0.5, 0.6) is 5.75 Å². The first-order chi connectivity index (χ1) is 11.5. The molecule has 1 atom stereocenters. The molecule has 6 nitrogen and oxygen atoms in total. The molecule has 0 aliphatic carbocycles. The zero-order chi connectivity index (χ0) is 17.3. The number of piperidine rings is 1. The van der Waals surface area contributed by atoms with Crippen molar-refractivity contribution < 1.29 is 19.4 Å². The van der Waals surface area contributed by atoms with Gasteiger partial charge in [0.15, 0.2) is 0 Å². The Labute approximate surface area is 141 Å². The maximum Gasteiger partial charge on any atom is 0.320 e. The van der Waals surface area contributed by atoms with Crippen LogP contribution in [-0.4, -0.2) is 54.7 Å². The molecule has 130 valence electrons. The summed E-state index contributed by atoms with van der Waals surface area (Å²) in [6.07, 6.45) is 2.32. The molecule has 2 saturated heterocycles. The monoisotopic (exact) mass is 332 g/mol. The second-order valence-electron chi connectivity index (χ2n) is 6.92. The maximum absolute atomic E-state index is 12.8. The first-order valence-electron chi connectivity index (χ1n) is 8.35. The SMILES string of the molecule is COc1c(C)cccc1C(=O)N1CCC2(CC1)CN[C@@H](C(=O)O)C2. The van der Waals surface area contributed by atoms with E-state index in [4.69, 9.17) is 9.84 Å². The van der Waals surface area contributed by atoms with Crippen molar-refractivity contribution in [2.45, 2.75) is 32.2 Å². The number of aryl methyl sites for hydroxylation is 1. The predicted octanol–water partition coefficient (Wildman–Crippen LogP) is 1.67. The zero-order valence-corrected chi connectivity index (χ0v) is 14.2. The maximum atomic E-state index is 12.8. The third-order valence-electron chi connectivity index (χ3n) is 5.42. The van der Waals surface area contributed by atoms with Crippen LogP contribution in [0.15, 0.2) is 18.2 Å². The van der Waals surface area contributed by atoms with Gasteiger partial charge in [-0.15, -0.1) is 0 Å². The number of likely N-dealkylation sites (tertiary alicyclic amines) is 1. The summed E-state index contributed by atoms with van der Waals surface area (Å²) >= 11 is 0. The van der Waals surface area contributed by atoms with Gasteiger partial charge in [-0.1, -0.05) is 12.1 Å². The molecule has 2 fully saturated rings. The van der Waals surface area contributed by atoms with E-state index in [0.29, 0.717) is 30.8 Å². The number of carbonyl (C=O) groups excluding carboxylic acids is 1. The minimum Gasteiger partial charge on any atom is -0.496 e. The highest BCUT2D eigenvalue weighted by Crippen LogP contribution is 2.40. The lowest BCUT2D eigenvalue weighted by Crippen LogP contribution is -2.44. The van der Waals surface area contributed by atoms with Crippen molar-refractivity contribution in [3.63, 3.8) is 0 Å². The molecule has 2 heterocycles. The lowest BCUT2D eigenvalue weighted by molar-refractivity contribution is -0.139. The quantitative estimate of drug-likeness (QED) is 0.880. The highest BCUT2D eigenvalue weighted by Gasteiger charge is 2.44. The normalized spacial score (nSPS) is 22.6. The van der Waals surface area contributed by atoms with E-state index in [0.717, 1.165) is 24.9 Å². The third kappa shape index (κ3) is 2.98. The topological polar surface area (TPSA) is 78.9 Å². The summed E-state index contributed by atoms with van der Waals surface area (Å²) in [6, 6.07) is 5.14. The van der Waals surface area contributed by atoms with E-state index in [2.05, 4.69) is 5.32 Å². The van der Waals surface area contributed by atoms with E-state index in [-0.39, 0.29) is 11.3 Å². The number of carboxylic acids is 1. The number of hydrogen-bond donors (Lipinski definition) is 2. The van der Waals surface area contributed by atoms with Crippen LogP contribution in [0.2, 0.25) is 0 Å². The van der Waals surface area contributed by atoms with E-state index in [1.165, 1.54) is 0 Å². The van der Waals surface area contributed by atoms with Crippen LogP contribution in [0.3, 0.4) is 0 Å². The summed E-state index contributed by atoms with van der Waals surface area (Å²) in [5, 5.41) is 12.3. The van der Waals surface area contributed by atoms with Crippen LogP contribution in [-0.2, 0) is 4.79 Å². The van der Waals surface area contributed by atoms with Crippen LogP contribution in [0.25, 0.3) is 0 Å². The Morgan fingerprint density at radius 2 is 2.04 bits per heavy atom. The van der Waals surface area contributed by atoms with Gasteiger partial charge in [0, 0.05) is 19.6 Å². The van der Waals surface area contributed by atoms with Crippen molar-refractivity contribution in [1.82, 2.24) is 10.2 Å². The number of methoxy groups -OCH3 is 1. The van der Waals surface area contributed by atoms with Crippen molar-refractivity contribution in [3.8, 4) is 5.75 Å². The highest BCUT2D eigenvalue weighted by atomic mass is 16.5. The number of aliphatic carboxylic acids is 1. The summed E-state index contributed by atoms with van der Waals surface area (Å²) in [5.74, 6) is -0.155.